The maximum atomic E-state index is 12.4. The second-order valence-electron chi connectivity index (χ2n) is 7.36. The van der Waals surface area contributed by atoms with Crippen molar-refractivity contribution < 1.29 is 35.1 Å². The molecule has 0 N–H and O–H groups in total. The van der Waals surface area contributed by atoms with Crippen molar-refractivity contribution in [3.8, 4) is 0 Å². The second kappa shape index (κ2) is 5.39. The quantitative estimate of drug-likeness (QED) is 0.385. The molecule has 2 bridgehead atoms. The molecule has 1 saturated heterocycles. The summed E-state index contributed by atoms with van der Waals surface area (Å²) in [4.78, 5) is 12.4. The lowest BCUT2D eigenvalue weighted by molar-refractivity contribution is -0.162. The Morgan fingerprint density at radius 3 is 2.42 bits per heavy atom. The summed E-state index contributed by atoms with van der Waals surface area (Å²) in [6.45, 7) is 0. The van der Waals surface area contributed by atoms with Crippen LogP contribution in [-0.4, -0.2) is 50.1 Å². The van der Waals surface area contributed by atoms with E-state index in [0.29, 0.717) is 25.7 Å². The predicted molar refractivity (Wildman–Crippen MR) is 79.1 cm³/mol. The molecule has 3 aliphatic carbocycles. The predicted octanol–water partition coefficient (Wildman–Crippen LogP) is 0.139. The monoisotopic (exact) mass is 379 g/mol. The minimum atomic E-state index is -4.31. The molecule has 24 heavy (non-hydrogen) atoms. The molecule has 4 rings (SSSR count). The molecule has 4 fully saturated rings. The summed E-state index contributed by atoms with van der Waals surface area (Å²) in [6.07, 6.45) is 1.02. The molecule has 136 valence electrons. The van der Waals surface area contributed by atoms with Crippen molar-refractivity contribution >= 4 is 26.2 Å². The Morgan fingerprint density at radius 1 is 1.12 bits per heavy atom. The molecule has 1 aliphatic heterocycles. The van der Waals surface area contributed by atoms with E-state index >= 15 is 0 Å². The van der Waals surface area contributed by atoms with E-state index in [2.05, 4.69) is 0 Å². The zero-order valence-electron chi connectivity index (χ0n) is 12.9. The summed E-state index contributed by atoms with van der Waals surface area (Å²) >= 11 is 0. The fourth-order valence-electron chi connectivity index (χ4n) is 4.86. The van der Waals surface area contributed by atoms with Crippen LogP contribution in [0.4, 0.5) is 0 Å². The third kappa shape index (κ3) is 2.58. The van der Waals surface area contributed by atoms with Crippen LogP contribution in [0.1, 0.15) is 38.5 Å². The maximum Gasteiger partial charge on any atom is 0.309 e. The number of carbonyl (C=O) groups is 1. The van der Waals surface area contributed by atoms with Crippen molar-refractivity contribution in [3.63, 3.8) is 0 Å². The largest absolute Gasteiger partial charge is 0.748 e. The van der Waals surface area contributed by atoms with E-state index in [1.807, 2.05) is 0 Å². The Hall–Kier alpha value is -0.710. The topological polar surface area (TPSA) is 127 Å². The number of hydrogen-bond donors (Lipinski definition) is 0. The van der Waals surface area contributed by atoms with Crippen molar-refractivity contribution in [3.05, 3.63) is 0 Å². The molecule has 0 aromatic rings. The van der Waals surface area contributed by atoms with Crippen molar-refractivity contribution in [1.82, 2.24) is 0 Å². The third-order valence-electron chi connectivity index (χ3n) is 6.08. The van der Waals surface area contributed by atoms with E-state index in [4.69, 9.17) is 8.92 Å². The summed E-state index contributed by atoms with van der Waals surface area (Å²) < 4.78 is 67.6. The first-order valence-corrected chi connectivity index (χ1v) is 11.2. The molecule has 0 aromatic carbocycles. The van der Waals surface area contributed by atoms with Crippen LogP contribution in [0, 0.1) is 17.8 Å². The molecule has 1 heterocycles. The number of esters is 1. The van der Waals surface area contributed by atoms with Gasteiger partial charge in [0.2, 0.25) is 0 Å². The van der Waals surface area contributed by atoms with Gasteiger partial charge in [-0.25, -0.2) is 8.42 Å². The van der Waals surface area contributed by atoms with Gasteiger partial charge in [0.1, 0.15) is 12.2 Å². The smallest absolute Gasteiger partial charge is 0.309 e. The summed E-state index contributed by atoms with van der Waals surface area (Å²) in [6, 6.07) is 0. The average molecular weight is 379 g/mol. The Balaban J connectivity index is 1.38. The first kappa shape index (κ1) is 16.7. The molecule has 0 radical (unpaired) electrons. The Labute approximate surface area is 140 Å². The number of rotatable bonds is 3. The van der Waals surface area contributed by atoms with Gasteiger partial charge in [-0.1, -0.05) is 0 Å². The number of ether oxygens (including phenoxy) is 1. The zero-order valence-corrected chi connectivity index (χ0v) is 14.5. The molecule has 10 heteroatoms. The van der Waals surface area contributed by atoms with Crippen LogP contribution < -0.4 is 0 Å². The molecule has 3 saturated carbocycles. The van der Waals surface area contributed by atoms with Gasteiger partial charge in [-0.05, 0) is 38.5 Å². The average Bonchev–Trinajstić information content (AvgIpc) is 3.10. The number of carbonyl (C=O) groups excluding carboxylic acids is 1. The third-order valence-corrected chi connectivity index (χ3v) is 9.14. The van der Waals surface area contributed by atoms with E-state index in [-0.39, 0.29) is 24.7 Å². The summed E-state index contributed by atoms with van der Waals surface area (Å²) in [5.41, 5.74) is 0. The summed E-state index contributed by atoms with van der Waals surface area (Å²) in [5, 5.41) is -1.38. The molecular weight excluding hydrogens is 360 g/mol. The minimum absolute atomic E-state index is 0.0181. The standard InChI is InChI=1S/C14H20O8S2/c15-14(7-1-3-9(4-2-7)23(16,17)18)21-12-8-5-10-11(6-8)24(19,20)22-13(10)12/h7-13H,1-6H2,(H,16,17,18)/p-1. The first-order valence-electron chi connectivity index (χ1n) is 8.24. The molecule has 0 amide bonds. The van der Waals surface area contributed by atoms with Gasteiger partial charge in [0.05, 0.1) is 21.3 Å². The van der Waals surface area contributed by atoms with Gasteiger partial charge in [0.25, 0.3) is 10.1 Å². The Bertz CT molecular complexity index is 750. The van der Waals surface area contributed by atoms with E-state index < -0.39 is 54.8 Å². The fourth-order valence-corrected chi connectivity index (χ4v) is 7.59. The Morgan fingerprint density at radius 2 is 1.79 bits per heavy atom. The van der Waals surface area contributed by atoms with Crippen LogP contribution in [0.2, 0.25) is 0 Å². The molecule has 8 nitrogen and oxygen atoms in total. The van der Waals surface area contributed by atoms with Crippen LogP contribution in [0.3, 0.4) is 0 Å². The number of hydrogen-bond acceptors (Lipinski definition) is 8. The highest BCUT2D eigenvalue weighted by Crippen LogP contribution is 2.55. The summed E-state index contributed by atoms with van der Waals surface area (Å²) in [7, 11) is -7.85. The molecule has 0 aromatic heterocycles. The first-order chi connectivity index (χ1) is 11.2. The SMILES string of the molecule is O=C(OC1C2CC3C1OS(=O)(=O)C3C2)C1CCC(S(=O)(=O)[O-])CC1. The van der Waals surface area contributed by atoms with Gasteiger partial charge in [-0.2, -0.15) is 8.42 Å². The molecule has 5 unspecified atom stereocenters. The lowest BCUT2D eigenvalue weighted by atomic mass is 9.88. The fraction of sp³-hybridized carbons (Fsp3) is 0.929. The minimum Gasteiger partial charge on any atom is -0.748 e. The van der Waals surface area contributed by atoms with Crippen molar-refractivity contribution in [2.45, 2.75) is 61.2 Å². The van der Waals surface area contributed by atoms with E-state index in [9.17, 15) is 26.2 Å². The van der Waals surface area contributed by atoms with Crippen LogP contribution in [-0.2, 0) is 34.0 Å². The highest BCUT2D eigenvalue weighted by Gasteiger charge is 2.65. The van der Waals surface area contributed by atoms with Gasteiger partial charge in [0.15, 0.2) is 0 Å². The lowest BCUT2D eigenvalue weighted by Gasteiger charge is -2.31. The van der Waals surface area contributed by atoms with Gasteiger partial charge in [-0.3, -0.25) is 8.98 Å². The molecule has 4 aliphatic rings. The highest BCUT2D eigenvalue weighted by molar-refractivity contribution is 7.87. The Kier molecular flexibility index (Phi) is 3.76. The molecular formula is C14H19O8S2-. The second-order valence-corrected chi connectivity index (χ2v) is 10.8. The van der Waals surface area contributed by atoms with Crippen LogP contribution >= 0.6 is 0 Å². The van der Waals surface area contributed by atoms with Crippen LogP contribution in [0.25, 0.3) is 0 Å². The zero-order chi connectivity index (χ0) is 17.3. The summed E-state index contributed by atoms with van der Waals surface area (Å²) in [5.74, 6) is -0.932. The molecule has 0 spiro atoms. The molecule has 5 atom stereocenters. The van der Waals surface area contributed by atoms with E-state index in [1.165, 1.54) is 0 Å². The van der Waals surface area contributed by atoms with Gasteiger partial charge >= 0.3 is 5.97 Å². The van der Waals surface area contributed by atoms with Crippen molar-refractivity contribution in [2.75, 3.05) is 0 Å². The number of fused-ring (bicyclic) bond motifs is 1. The lowest BCUT2D eigenvalue weighted by Crippen LogP contribution is -2.39. The maximum absolute atomic E-state index is 12.4. The highest BCUT2D eigenvalue weighted by atomic mass is 32.2. The van der Waals surface area contributed by atoms with Crippen LogP contribution in [0.15, 0.2) is 0 Å². The van der Waals surface area contributed by atoms with Crippen LogP contribution in [0.5, 0.6) is 0 Å². The van der Waals surface area contributed by atoms with Gasteiger partial charge in [0, 0.05) is 17.1 Å². The van der Waals surface area contributed by atoms with E-state index in [1.54, 1.807) is 0 Å². The van der Waals surface area contributed by atoms with E-state index in [0.717, 1.165) is 0 Å². The van der Waals surface area contributed by atoms with Crippen molar-refractivity contribution in [1.29, 1.82) is 0 Å². The van der Waals surface area contributed by atoms with Crippen molar-refractivity contribution in [2.24, 2.45) is 17.8 Å². The van der Waals surface area contributed by atoms with Gasteiger partial charge in [-0.15, -0.1) is 0 Å². The normalized spacial score (nSPS) is 46.1. The van der Waals surface area contributed by atoms with Gasteiger partial charge < -0.3 is 9.29 Å².